The van der Waals surface area contributed by atoms with E-state index < -0.39 is 0 Å². The van der Waals surface area contributed by atoms with Crippen LogP contribution in [0.4, 0.5) is 11.4 Å². The van der Waals surface area contributed by atoms with E-state index in [4.69, 9.17) is 0 Å². The van der Waals surface area contributed by atoms with Crippen molar-refractivity contribution in [2.45, 2.75) is 25.9 Å². The first-order valence-corrected chi connectivity index (χ1v) is 5.64. The predicted molar refractivity (Wildman–Crippen MR) is 66.2 cm³/mol. The third-order valence-electron chi connectivity index (χ3n) is 2.88. The van der Waals surface area contributed by atoms with Crippen LogP contribution in [-0.2, 0) is 0 Å². The van der Waals surface area contributed by atoms with Crippen molar-refractivity contribution in [3.05, 3.63) is 29.2 Å². The van der Waals surface area contributed by atoms with Gasteiger partial charge in [-0.3, -0.25) is 0 Å². The zero-order valence-corrected chi connectivity index (χ0v) is 9.68. The number of anilines is 1. The summed E-state index contributed by atoms with van der Waals surface area (Å²) in [5.74, 6) is 0. The number of hydrogen-bond acceptors (Lipinski definition) is 4. The van der Waals surface area contributed by atoms with E-state index >= 15 is 0 Å². The van der Waals surface area contributed by atoms with E-state index in [-0.39, 0.29) is 0 Å². The number of nitrogens with zero attached hydrogens (tertiary/aromatic N) is 2. The first kappa shape index (κ1) is 11.1. The molecule has 1 saturated heterocycles. The lowest BCUT2D eigenvalue weighted by molar-refractivity contribution is 0.407. The van der Waals surface area contributed by atoms with E-state index in [1.54, 1.807) is 6.07 Å². The Kier molecular flexibility index (Phi) is 3.19. The molecule has 0 spiro atoms. The second-order valence-corrected chi connectivity index (χ2v) is 4.45. The summed E-state index contributed by atoms with van der Waals surface area (Å²) in [6, 6.07) is 8.38. The Hall–Kier alpha value is -1.42. The smallest absolute Gasteiger partial charge is 0.131 e. The van der Waals surface area contributed by atoms with Crippen LogP contribution < -0.4 is 10.2 Å². The Morgan fingerprint density at radius 3 is 2.50 bits per heavy atom. The van der Waals surface area contributed by atoms with Gasteiger partial charge in [-0.2, -0.15) is 0 Å². The fourth-order valence-electron chi connectivity index (χ4n) is 2.33. The van der Waals surface area contributed by atoms with Crippen LogP contribution in [0.25, 0.3) is 0 Å². The number of nitrogens with one attached hydrogen (secondary N) is 1. The molecule has 1 aliphatic heterocycles. The largest absolute Gasteiger partial charge is 0.367 e. The molecule has 2 rings (SSSR count). The van der Waals surface area contributed by atoms with Gasteiger partial charge in [0.2, 0.25) is 0 Å². The van der Waals surface area contributed by atoms with Crippen molar-refractivity contribution in [2.75, 3.05) is 18.0 Å². The van der Waals surface area contributed by atoms with Gasteiger partial charge in [-0.1, -0.05) is 12.1 Å². The molecule has 0 aliphatic carbocycles. The fraction of sp³-hybridized carbons (Fsp3) is 0.500. The topological polar surface area (TPSA) is 44.7 Å². The van der Waals surface area contributed by atoms with Crippen LogP contribution in [0.15, 0.2) is 29.4 Å². The van der Waals surface area contributed by atoms with Crippen LogP contribution in [0.3, 0.4) is 0 Å². The van der Waals surface area contributed by atoms with Crippen molar-refractivity contribution >= 4 is 11.4 Å². The Bertz CT molecular complexity index is 370. The monoisotopic (exact) mass is 219 g/mol. The van der Waals surface area contributed by atoms with Gasteiger partial charge in [0.1, 0.15) is 5.69 Å². The maximum absolute atomic E-state index is 10.7. The first-order chi connectivity index (χ1) is 7.70. The second-order valence-electron chi connectivity index (χ2n) is 4.45. The molecular formula is C12H17N3O. The first-order valence-electron chi connectivity index (χ1n) is 5.64. The highest BCUT2D eigenvalue weighted by Crippen LogP contribution is 2.29. The van der Waals surface area contributed by atoms with Gasteiger partial charge in [0.25, 0.3) is 0 Å². The summed E-state index contributed by atoms with van der Waals surface area (Å²) >= 11 is 0. The molecule has 4 heteroatoms. The molecular weight excluding hydrogens is 202 g/mol. The van der Waals surface area contributed by atoms with E-state index in [0.717, 1.165) is 18.8 Å². The normalized spacial score (nSPS) is 25.5. The van der Waals surface area contributed by atoms with Gasteiger partial charge in [-0.25, -0.2) is 0 Å². The SMILES string of the molecule is C[C@@H]1CN(c2ccccc2N=O)C[C@H](C)N1. The van der Waals surface area contributed by atoms with Gasteiger partial charge < -0.3 is 10.2 Å². The minimum atomic E-state index is 0.434. The maximum Gasteiger partial charge on any atom is 0.131 e. The van der Waals surface area contributed by atoms with E-state index in [2.05, 4.69) is 29.2 Å². The van der Waals surface area contributed by atoms with Gasteiger partial charge in [0, 0.05) is 25.2 Å². The molecule has 0 radical (unpaired) electrons. The Morgan fingerprint density at radius 2 is 1.88 bits per heavy atom. The number of nitroso groups, excluding NO2 is 1. The third-order valence-corrected chi connectivity index (χ3v) is 2.88. The van der Waals surface area contributed by atoms with Crippen LogP contribution in [0.2, 0.25) is 0 Å². The van der Waals surface area contributed by atoms with Crippen LogP contribution >= 0.6 is 0 Å². The van der Waals surface area contributed by atoms with Gasteiger partial charge in [0.05, 0.1) is 5.69 Å². The van der Waals surface area contributed by atoms with Gasteiger partial charge in [0.15, 0.2) is 0 Å². The molecule has 86 valence electrons. The van der Waals surface area contributed by atoms with E-state index in [0.29, 0.717) is 17.8 Å². The number of piperazine rings is 1. The summed E-state index contributed by atoms with van der Waals surface area (Å²) in [4.78, 5) is 13.0. The minimum absolute atomic E-state index is 0.434. The van der Waals surface area contributed by atoms with Crippen LogP contribution in [0, 0.1) is 4.91 Å². The molecule has 0 saturated carbocycles. The molecule has 0 amide bonds. The van der Waals surface area contributed by atoms with E-state index in [1.165, 1.54) is 0 Å². The van der Waals surface area contributed by atoms with Crippen LogP contribution in [0.5, 0.6) is 0 Å². The lowest BCUT2D eigenvalue weighted by Crippen LogP contribution is -2.54. The fourth-order valence-corrected chi connectivity index (χ4v) is 2.33. The molecule has 4 nitrogen and oxygen atoms in total. The standard InChI is InChI=1S/C12H17N3O/c1-9-7-15(8-10(2)13-9)12-6-4-3-5-11(12)14-16/h3-6,9-10,13H,7-8H2,1-2H3/t9-,10+. The molecule has 1 aromatic carbocycles. The lowest BCUT2D eigenvalue weighted by atomic mass is 10.1. The summed E-state index contributed by atoms with van der Waals surface area (Å²) < 4.78 is 0. The maximum atomic E-state index is 10.7. The Morgan fingerprint density at radius 1 is 1.25 bits per heavy atom. The number of hydrogen-bond donors (Lipinski definition) is 1. The average molecular weight is 219 g/mol. The molecule has 1 aromatic rings. The number of para-hydroxylation sites is 1. The van der Waals surface area contributed by atoms with Crippen molar-refractivity contribution < 1.29 is 0 Å². The summed E-state index contributed by atoms with van der Waals surface area (Å²) in [7, 11) is 0. The van der Waals surface area contributed by atoms with E-state index in [1.807, 2.05) is 18.2 Å². The highest BCUT2D eigenvalue weighted by atomic mass is 16.3. The van der Waals surface area contributed by atoms with Crippen LogP contribution in [-0.4, -0.2) is 25.2 Å². The number of rotatable bonds is 2. The molecule has 1 N–H and O–H groups in total. The molecule has 1 fully saturated rings. The zero-order chi connectivity index (χ0) is 11.5. The molecule has 16 heavy (non-hydrogen) atoms. The molecule has 0 unspecified atom stereocenters. The third kappa shape index (κ3) is 2.22. The highest BCUT2D eigenvalue weighted by Gasteiger charge is 2.22. The Labute approximate surface area is 95.6 Å². The number of benzene rings is 1. The summed E-state index contributed by atoms with van der Waals surface area (Å²) in [5, 5.41) is 6.55. The van der Waals surface area contributed by atoms with E-state index in [9.17, 15) is 4.91 Å². The summed E-state index contributed by atoms with van der Waals surface area (Å²) in [6.45, 7) is 6.13. The molecule has 0 bridgehead atoms. The Balaban J connectivity index is 2.25. The molecule has 0 aromatic heterocycles. The second kappa shape index (κ2) is 4.61. The predicted octanol–water partition coefficient (Wildman–Crippen LogP) is 2.27. The van der Waals surface area contributed by atoms with Crippen molar-refractivity contribution in [3.63, 3.8) is 0 Å². The van der Waals surface area contributed by atoms with Gasteiger partial charge >= 0.3 is 0 Å². The lowest BCUT2D eigenvalue weighted by Gasteiger charge is -2.37. The van der Waals surface area contributed by atoms with Crippen molar-refractivity contribution in [1.29, 1.82) is 0 Å². The van der Waals surface area contributed by atoms with Crippen LogP contribution in [0.1, 0.15) is 13.8 Å². The van der Waals surface area contributed by atoms with Crippen molar-refractivity contribution in [1.82, 2.24) is 5.32 Å². The quantitative estimate of drug-likeness (QED) is 0.776. The average Bonchev–Trinajstić information content (AvgIpc) is 2.27. The molecule has 1 aliphatic rings. The van der Waals surface area contributed by atoms with Gasteiger partial charge in [-0.15, -0.1) is 4.91 Å². The van der Waals surface area contributed by atoms with Crippen molar-refractivity contribution in [2.24, 2.45) is 5.18 Å². The minimum Gasteiger partial charge on any atom is -0.367 e. The zero-order valence-electron chi connectivity index (χ0n) is 9.68. The molecule has 2 atom stereocenters. The highest BCUT2D eigenvalue weighted by molar-refractivity contribution is 5.67. The summed E-state index contributed by atoms with van der Waals surface area (Å²) in [6.07, 6.45) is 0. The summed E-state index contributed by atoms with van der Waals surface area (Å²) in [5.41, 5.74) is 1.47. The molecule has 1 heterocycles. The van der Waals surface area contributed by atoms with Crippen molar-refractivity contribution in [3.8, 4) is 0 Å². The van der Waals surface area contributed by atoms with Gasteiger partial charge in [-0.05, 0) is 31.2 Å².